The van der Waals surface area contributed by atoms with E-state index >= 15 is 0 Å². The molecule has 0 spiro atoms. The van der Waals surface area contributed by atoms with Crippen molar-refractivity contribution in [3.63, 3.8) is 0 Å². The first-order chi connectivity index (χ1) is 10.2. The van der Waals surface area contributed by atoms with Crippen LogP contribution in [0.4, 0.5) is 4.39 Å². The number of nitrogens with one attached hydrogen (secondary N) is 1. The van der Waals surface area contributed by atoms with Crippen molar-refractivity contribution in [2.24, 2.45) is 0 Å². The van der Waals surface area contributed by atoms with Crippen LogP contribution in [0, 0.1) is 12.7 Å². The van der Waals surface area contributed by atoms with Crippen molar-refractivity contribution < 1.29 is 8.91 Å². The minimum Gasteiger partial charge on any atom is -0.361 e. The van der Waals surface area contributed by atoms with Gasteiger partial charge in [0.15, 0.2) is 0 Å². The van der Waals surface area contributed by atoms with Crippen molar-refractivity contribution in [2.75, 3.05) is 0 Å². The minimum absolute atomic E-state index is 0.236. The number of hydrogen-bond donors (Lipinski definition) is 1. The van der Waals surface area contributed by atoms with Gasteiger partial charge in [0.05, 0.1) is 11.4 Å². The molecule has 0 unspecified atom stereocenters. The van der Waals surface area contributed by atoms with Crippen LogP contribution in [0.25, 0.3) is 10.6 Å². The molecule has 2 heterocycles. The molecule has 21 heavy (non-hydrogen) atoms. The summed E-state index contributed by atoms with van der Waals surface area (Å²) in [5.74, 6) is 0.569. The van der Waals surface area contributed by atoms with Crippen molar-refractivity contribution >= 4 is 11.3 Å². The van der Waals surface area contributed by atoms with Crippen LogP contribution in [0.2, 0.25) is 0 Å². The van der Waals surface area contributed by atoms with Gasteiger partial charge in [-0.3, -0.25) is 0 Å². The summed E-state index contributed by atoms with van der Waals surface area (Å²) < 4.78 is 17.9. The number of hydrogen-bond acceptors (Lipinski definition) is 5. The summed E-state index contributed by atoms with van der Waals surface area (Å²) in [6.45, 7) is 3.16. The lowest BCUT2D eigenvalue weighted by molar-refractivity contribution is 0.388. The molecule has 108 valence electrons. The van der Waals surface area contributed by atoms with Gasteiger partial charge in [0.25, 0.3) is 0 Å². The Balaban J connectivity index is 1.59. The monoisotopic (exact) mass is 303 g/mol. The SMILES string of the molecule is Cc1cc(CNCc2csc(-c3ccc(F)cc3)n2)no1. The van der Waals surface area contributed by atoms with Crippen LogP contribution in [0.3, 0.4) is 0 Å². The van der Waals surface area contributed by atoms with Crippen molar-refractivity contribution in [3.8, 4) is 10.6 Å². The number of aryl methyl sites for hydroxylation is 1. The molecule has 0 bridgehead atoms. The fraction of sp³-hybridized carbons (Fsp3) is 0.200. The number of aromatic nitrogens is 2. The van der Waals surface area contributed by atoms with E-state index in [-0.39, 0.29) is 5.82 Å². The lowest BCUT2D eigenvalue weighted by Crippen LogP contribution is -2.13. The van der Waals surface area contributed by atoms with Crippen LogP contribution in [-0.2, 0) is 13.1 Å². The Hall–Kier alpha value is -2.05. The third-order valence-corrected chi connectivity index (χ3v) is 3.87. The molecule has 3 aromatic rings. The first kappa shape index (κ1) is 13.9. The first-order valence-corrected chi connectivity index (χ1v) is 7.42. The van der Waals surface area contributed by atoms with Gasteiger partial charge in [-0.1, -0.05) is 5.16 Å². The van der Waals surface area contributed by atoms with Crippen LogP contribution in [0.15, 0.2) is 40.2 Å². The average molecular weight is 303 g/mol. The predicted molar refractivity (Wildman–Crippen MR) is 79.3 cm³/mol. The van der Waals surface area contributed by atoms with Crippen molar-refractivity contribution in [3.05, 3.63) is 58.7 Å². The fourth-order valence-electron chi connectivity index (χ4n) is 1.93. The molecule has 0 saturated heterocycles. The lowest BCUT2D eigenvalue weighted by Gasteiger charge is -1.99. The normalized spacial score (nSPS) is 11.0. The maximum Gasteiger partial charge on any atom is 0.133 e. The van der Waals surface area contributed by atoms with Crippen molar-refractivity contribution in [1.82, 2.24) is 15.5 Å². The van der Waals surface area contributed by atoms with E-state index in [0.29, 0.717) is 13.1 Å². The Labute approximate surface area is 125 Å². The van der Waals surface area contributed by atoms with Crippen LogP contribution in [0.5, 0.6) is 0 Å². The zero-order chi connectivity index (χ0) is 14.7. The Morgan fingerprint density at radius 2 is 1.95 bits per heavy atom. The summed E-state index contributed by atoms with van der Waals surface area (Å²) in [6, 6.07) is 8.27. The Morgan fingerprint density at radius 1 is 1.19 bits per heavy atom. The number of halogens is 1. The molecule has 0 fully saturated rings. The second kappa shape index (κ2) is 6.15. The first-order valence-electron chi connectivity index (χ1n) is 6.54. The van der Waals surface area contributed by atoms with Gasteiger partial charge < -0.3 is 9.84 Å². The van der Waals surface area contributed by atoms with Gasteiger partial charge in [0.1, 0.15) is 16.6 Å². The highest BCUT2D eigenvalue weighted by atomic mass is 32.1. The van der Waals surface area contributed by atoms with Gasteiger partial charge in [-0.2, -0.15) is 0 Å². The van der Waals surface area contributed by atoms with Crippen molar-refractivity contribution in [2.45, 2.75) is 20.0 Å². The highest BCUT2D eigenvalue weighted by Gasteiger charge is 2.05. The molecule has 4 nitrogen and oxygen atoms in total. The van der Waals surface area contributed by atoms with Gasteiger partial charge >= 0.3 is 0 Å². The van der Waals surface area contributed by atoms with Crippen LogP contribution in [-0.4, -0.2) is 10.1 Å². The molecule has 0 aliphatic heterocycles. The van der Waals surface area contributed by atoms with E-state index in [1.165, 1.54) is 12.1 Å². The molecule has 0 aliphatic carbocycles. The van der Waals surface area contributed by atoms with Gasteiger partial charge in [-0.15, -0.1) is 11.3 Å². The van der Waals surface area contributed by atoms with Crippen LogP contribution < -0.4 is 5.32 Å². The van der Waals surface area contributed by atoms with E-state index < -0.39 is 0 Å². The van der Waals surface area contributed by atoms with Gasteiger partial charge in [-0.25, -0.2) is 9.37 Å². The molecule has 0 atom stereocenters. The second-order valence-corrected chi connectivity index (χ2v) is 5.54. The van der Waals surface area contributed by atoms with Gasteiger partial charge in [0, 0.05) is 30.1 Å². The number of thiazole rings is 1. The highest BCUT2D eigenvalue weighted by molar-refractivity contribution is 7.13. The van der Waals surface area contributed by atoms with Crippen LogP contribution in [0.1, 0.15) is 17.1 Å². The zero-order valence-electron chi connectivity index (χ0n) is 11.5. The number of benzene rings is 1. The molecule has 1 aromatic carbocycles. The van der Waals surface area contributed by atoms with E-state index in [0.717, 1.165) is 27.7 Å². The number of nitrogens with zero attached hydrogens (tertiary/aromatic N) is 2. The van der Waals surface area contributed by atoms with E-state index in [4.69, 9.17) is 4.52 Å². The molecule has 2 aromatic heterocycles. The Morgan fingerprint density at radius 3 is 2.67 bits per heavy atom. The quantitative estimate of drug-likeness (QED) is 0.783. The van der Waals surface area contributed by atoms with Crippen molar-refractivity contribution in [1.29, 1.82) is 0 Å². The minimum atomic E-state index is -0.236. The fourth-order valence-corrected chi connectivity index (χ4v) is 2.76. The van der Waals surface area contributed by atoms with E-state index in [1.54, 1.807) is 23.5 Å². The average Bonchev–Trinajstić information content (AvgIpc) is 3.09. The predicted octanol–water partition coefficient (Wildman–Crippen LogP) is 3.54. The van der Waals surface area contributed by atoms with E-state index in [2.05, 4.69) is 15.5 Å². The Kier molecular flexibility index (Phi) is 4.08. The molecular weight excluding hydrogens is 289 g/mol. The topological polar surface area (TPSA) is 51.0 Å². The third kappa shape index (κ3) is 3.53. The summed E-state index contributed by atoms with van der Waals surface area (Å²) >= 11 is 1.55. The molecular formula is C15H14FN3OS. The smallest absolute Gasteiger partial charge is 0.133 e. The summed E-state index contributed by atoms with van der Waals surface area (Å²) in [5.41, 5.74) is 2.76. The maximum absolute atomic E-state index is 12.9. The molecule has 1 N–H and O–H groups in total. The molecule has 6 heteroatoms. The molecule has 0 saturated carbocycles. The lowest BCUT2D eigenvalue weighted by atomic mass is 10.2. The van der Waals surface area contributed by atoms with E-state index in [1.807, 2.05) is 18.4 Å². The van der Waals surface area contributed by atoms with Gasteiger partial charge in [-0.05, 0) is 31.2 Å². The molecule has 0 aliphatic rings. The van der Waals surface area contributed by atoms with Crippen LogP contribution >= 0.6 is 11.3 Å². The third-order valence-electron chi connectivity index (χ3n) is 2.93. The zero-order valence-corrected chi connectivity index (χ0v) is 12.3. The molecule has 0 radical (unpaired) electrons. The molecule has 3 rings (SSSR count). The Bertz CT molecular complexity index is 721. The summed E-state index contributed by atoms with van der Waals surface area (Å²) in [4.78, 5) is 4.54. The second-order valence-electron chi connectivity index (χ2n) is 4.68. The maximum atomic E-state index is 12.9. The largest absolute Gasteiger partial charge is 0.361 e. The summed E-state index contributed by atoms with van der Waals surface area (Å²) in [5, 5.41) is 10.1. The molecule has 0 amide bonds. The number of rotatable bonds is 5. The summed E-state index contributed by atoms with van der Waals surface area (Å²) in [6.07, 6.45) is 0. The summed E-state index contributed by atoms with van der Waals surface area (Å²) in [7, 11) is 0. The van der Waals surface area contributed by atoms with E-state index in [9.17, 15) is 4.39 Å². The van der Waals surface area contributed by atoms with Gasteiger partial charge in [0.2, 0.25) is 0 Å². The highest BCUT2D eigenvalue weighted by Crippen LogP contribution is 2.23. The standard InChI is InChI=1S/C15H14FN3OS/c1-10-6-13(19-20-10)7-17-8-14-9-21-15(18-14)11-2-4-12(16)5-3-11/h2-6,9,17H,7-8H2,1H3.